The molecule has 0 radical (unpaired) electrons. The van der Waals surface area contributed by atoms with Crippen LogP contribution in [0.15, 0.2) is 24.5 Å². The summed E-state index contributed by atoms with van der Waals surface area (Å²) >= 11 is 0. The molecule has 10 nitrogen and oxygen atoms in total. The molecular formula is C15H17F3N6O4. The van der Waals surface area contributed by atoms with Gasteiger partial charge in [-0.15, -0.1) is 5.10 Å². The summed E-state index contributed by atoms with van der Waals surface area (Å²) in [5.41, 5.74) is 6.82. The molecule has 0 spiro atoms. The van der Waals surface area contributed by atoms with Crippen molar-refractivity contribution in [3.8, 4) is 5.69 Å². The van der Waals surface area contributed by atoms with Gasteiger partial charge in [-0.05, 0) is 25.1 Å². The minimum atomic E-state index is -5.08. The maximum atomic E-state index is 11.1. The zero-order valence-electron chi connectivity index (χ0n) is 14.4. The second-order valence-electron chi connectivity index (χ2n) is 5.65. The van der Waals surface area contributed by atoms with Crippen LogP contribution >= 0.6 is 0 Å². The van der Waals surface area contributed by atoms with Gasteiger partial charge in [-0.25, -0.2) is 9.48 Å². The van der Waals surface area contributed by atoms with Crippen LogP contribution in [-0.4, -0.2) is 62.3 Å². The lowest BCUT2D eigenvalue weighted by Gasteiger charge is -2.07. The Kier molecular flexibility index (Phi) is 7.00. The maximum Gasteiger partial charge on any atom is 0.490 e. The minimum Gasteiger partial charge on any atom is -0.475 e. The number of hydrogen-bond donors (Lipinski definition) is 3. The number of nitrogens with two attached hydrogens (primary N) is 1. The fourth-order valence-corrected chi connectivity index (χ4v) is 2.16. The molecule has 0 unspecified atom stereocenters. The lowest BCUT2D eigenvalue weighted by atomic mass is 10.3. The average molecular weight is 402 g/mol. The first-order valence-electron chi connectivity index (χ1n) is 7.96. The summed E-state index contributed by atoms with van der Waals surface area (Å²) in [6.45, 7) is 2.28. The molecule has 4 N–H and O–H groups in total. The van der Waals surface area contributed by atoms with Crippen molar-refractivity contribution in [2.45, 2.75) is 25.3 Å². The molecule has 0 saturated carbocycles. The quantitative estimate of drug-likeness (QED) is 0.646. The molecule has 2 aromatic rings. The molecule has 152 valence electrons. The predicted molar refractivity (Wildman–Crippen MR) is 87.4 cm³/mol. The lowest BCUT2D eigenvalue weighted by molar-refractivity contribution is -0.192. The normalized spacial score (nSPS) is 16.3. The highest BCUT2D eigenvalue weighted by Gasteiger charge is 2.38. The number of nitrogens with zero attached hydrogens (tertiary/aromatic N) is 4. The van der Waals surface area contributed by atoms with Gasteiger partial charge in [0.15, 0.2) is 0 Å². The third-order valence-electron chi connectivity index (χ3n) is 3.53. The van der Waals surface area contributed by atoms with Crippen LogP contribution in [0.2, 0.25) is 0 Å². The number of alkyl halides is 3. The molecule has 1 aliphatic heterocycles. The Hall–Kier alpha value is -3.06. The largest absolute Gasteiger partial charge is 0.490 e. The number of pyridine rings is 1. The molecular weight excluding hydrogens is 385 g/mol. The summed E-state index contributed by atoms with van der Waals surface area (Å²) < 4.78 is 39.0. The summed E-state index contributed by atoms with van der Waals surface area (Å²) in [5, 5.41) is 18.4. The number of hydrogen-bond acceptors (Lipinski definition) is 7. The minimum absolute atomic E-state index is 0.192. The molecule has 3 rings (SSSR count). The van der Waals surface area contributed by atoms with E-state index in [1.54, 1.807) is 23.0 Å². The number of carbonyl (C=O) groups is 2. The van der Waals surface area contributed by atoms with E-state index in [1.165, 1.54) is 6.20 Å². The molecule has 1 amide bonds. The Morgan fingerprint density at radius 1 is 1.43 bits per heavy atom. The molecule has 1 atom stereocenters. The van der Waals surface area contributed by atoms with Crippen molar-refractivity contribution in [3.63, 3.8) is 0 Å². The van der Waals surface area contributed by atoms with E-state index >= 15 is 0 Å². The highest BCUT2D eigenvalue weighted by molar-refractivity contribution is 5.91. The number of carboxylic acid groups (broad SMARTS) is 1. The molecule has 1 saturated heterocycles. The van der Waals surface area contributed by atoms with Crippen molar-refractivity contribution in [3.05, 3.63) is 35.9 Å². The van der Waals surface area contributed by atoms with Crippen molar-refractivity contribution >= 4 is 11.9 Å². The van der Waals surface area contributed by atoms with Crippen LogP contribution in [0.4, 0.5) is 13.2 Å². The smallest absolute Gasteiger partial charge is 0.475 e. The number of amides is 1. The van der Waals surface area contributed by atoms with E-state index in [0.29, 0.717) is 12.3 Å². The van der Waals surface area contributed by atoms with Gasteiger partial charge < -0.3 is 20.9 Å². The molecule has 0 bridgehead atoms. The molecule has 3 heterocycles. The number of carbonyl (C=O) groups excluding carboxylic acids is 1. The number of carboxylic acids is 1. The van der Waals surface area contributed by atoms with Crippen molar-refractivity contribution in [1.29, 1.82) is 0 Å². The number of nitrogens with one attached hydrogen (secondary N) is 1. The zero-order valence-corrected chi connectivity index (χ0v) is 14.4. The third-order valence-corrected chi connectivity index (χ3v) is 3.53. The number of aliphatic carboxylic acids is 1. The fraction of sp³-hybridized carbons (Fsp3) is 0.400. The van der Waals surface area contributed by atoms with Gasteiger partial charge in [-0.3, -0.25) is 9.78 Å². The highest BCUT2D eigenvalue weighted by atomic mass is 19.4. The Labute approximate surface area is 156 Å². The predicted octanol–water partition coefficient (Wildman–Crippen LogP) is 0.273. The summed E-state index contributed by atoms with van der Waals surface area (Å²) in [6, 6.07) is 3.30. The standard InChI is InChI=1S/C13H16N6O2.C2HF3O2/c14-13(20)12-5-10(1-4-16-12)19-7-9(17-18-19)8-21-11-2-3-15-6-11;3-2(4,5)1(6)7/h1,4-5,7,11,15H,2-3,6,8H2,(H2,14,20);(H,6,7)/t11-;/m1./s1. The van der Waals surface area contributed by atoms with Gasteiger partial charge in [0.2, 0.25) is 0 Å². The van der Waals surface area contributed by atoms with E-state index in [9.17, 15) is 18.0 Å². The van der Waals surface area contributed by atoms with E-state index in [0.717, 1.165) is 25.2 Å². The molecule has 28 heavy (non-hydrogen) atoms. The summed E-state index contributed by atoms with van der Waals surface area (Å²) in [6.07, 6.45) is -0.557. The fourth-order valence-electron chi connectivity index (χ4n) is 2.16. The van der Waals surface area contributed by atoms with Crippen LogP contribution in [0.5, 0.6) is 0 Å². The zero-order chi connectivity index (χ0) is 20.7. The lowest BCUT2D eigenvalue weighted by Crippen LogP contribution is -2.21. The van der Waals surface area contributed by atoms with Crippen molar-refractivity contribution in [2.75, 3.05) is 13.1 Å². The number of halogens is 3. The van der Waals surface area contributed by atoms with Gasteiger partial charge in [-0.2, -0.15) is 13.2 Å². The first-order chi connectivity index (χ1) is 13.2. The second kappa shape index (κ2) is 9.23. The number of primary amides is 1. The van der Waals surface area contributed by atoms with Gasteiger partial charge >= 0.3 is 12.1 Å². The Morgan fingerprint density at radius 3 is 2.71 bits per heavy atom. The van der Waals surface area contributed by atoms with Crippen LogP contribution in [0.25, 0.3) is 5.69 Å². The molecule has 13 heteroatoms. The van der Waals surface area contributed by atoms with Crippen LogP contribution in [0.3, 0.4) is 0 Å². The third kappa shape index (κ3) is 6.28. The van der Waals surface area contributed by atoms with E-state index in [-0.39, 0.29) is 11.8 Å². The molecule has 0 aliphatic carbocycles. The van der Waals surface area contributed by atoms with Crippen LogP contribution < -0.4 is 11.1 Å². The van der Waals surface area contributed by atoms with E-state index in [2.05, 4.69) is 20.6 Å². The van der Waals surface area contributed by atoms with Gasteiger partial charge in [0.1, 0.15) is 11.4 Å². The average Bonchev–Trinajstić information content (AvgIpc) is 3.31. The number of aromatic nitrogens is 4. The van der Waals surface area contributed by atoms with Crippen molar-refractivity contribution < 1.29 is 32.6 Å². The maximum absolute atomic E-state index is 11.1. The SMILES string of the molecule is NC(=O)c1cc(-n2cc(CO[C@@H]3CCNC3)nn2)ccn1.O=C(O)C(F)(F)F. The topological polar surface area (TPSA) is 145 Å². The van der Waals surface area contributed by atoms with Gasteiger partial charge in [0.05, 0.1) is 24.6 Å². The monoisotopic (exact) mass is 402 g/mol. The number of ether oxygens (including phenoxy) is 1. The second-order valence-corrected chi connectivity index (χ2v) is 5.65. The number of rotatable bonds is 5. The highest BCUT2D eigenvalue weighted by Crippen LogP contribution is 2.13. The van der Waals surface area contributed by atoms with Crippen LogP contribution in [0.1, 0.15) is 22.6 Å². The van der Waals surface area contributed by atoms with Crippen LogP contribution in [0, 0.1) is 0 Å². The van der Waals surface area contributed by atoms with Gasteiger partial charge in [0.25, 0.3) is 5.91 Å². The molecule has 1 fully saturated rings. The van der Waals surface area contributed by atoms with Crippen molar-refractivity contribution in [1.82, 2.24) is 25.3 Å². The van der Waals surface area contributed by atoms with Gasteiger partial charge in [-0.1, -0.05) is 5.21 Å². The van der Waals surface area contributed by atoms with Crippen molar-refractivity contribution in [2.24, 2.45) is 5.73 Å². The molecule has 2 aromatic heterocycles. The first-order valence-corrected chi connectivity index (χ1v) is 7.96. The summed E-state index contributed by atoms with van der Waals surface area (Å²) in [7, 11) is 0. The first kappa shape index (κ1) is 21.2. The molecule has 0 aromatic carbocycles. The Bertz CT molecular complexity index is 820. The Morgan fingerprint density at radius 2 is 2.14 bits per heavy atom. The summed E-state index contributed by atoms with van der Waals surface area (Å²) in [5.74, 6) is -3.33. The van der Waals surface area contributed by atoms with Gasteiger partial charge in [0, 0.05) is 12.7 Å². The van der Waals surface area contributed by atoms with Crippen LogP contribution in [-0.2, 0) is 16.1 Å². The molecule has 1 aliphatic rings. The van der Waals surface area contributed by atoms with E-state index < -0.39 is 18.1 Å². The van der Waals surface area contributed by atoms with E-state index in [4.69, 9.17) is 20.4 Å². The van der Waals surface area contributed by atoms with E-state index in [1.807, 2.05) is 0 Å². The Balaban J connectivity index is 0.000000345. The summed E-state index contributed by atoms with van der Waals surface area (Å²) in [4.78, 5) is 23.9.